The second-order valence-electron chi connectivity index (χ2n) is 8.27. The van der Waals surface area contributed by atoms with Crippen LogP contribution in [0.4, 0.5) is 11.5 Å². The quantitative estimate of drug-likeness (QED) is 0.624. The molecule has 1 aliphatic rings. The van der Waals surface area contributed by atoms with Gasteiger partial charge >= 0.3 is 0 Å². The lowest BCUT2D eigenvalue weighted by Crippen LogP contribution is -2.38. The number of rotatable bonds is 4. The van der Waals surface area contributed by atoms with E-state index >= 15 is 0 Å². The van der Waals surface area contributed by atoms with Crippen LogP contribution in [-0.4, -0.2) is 81.3 Å². The summed E-state index contributed by atoms with van der Waals surface area (Å²) in [6, 6.07) is 7.86. The van der Waals surface area contributed by atoms with E-state index in [9.17, 15) is 9.59 Å². The van der Waals surface area contributed by atoms with Crippen LogP contribution in [0.5, 0.6) is 0 Å². The summed E-state index contributed by atoms with van der Waals surface area (Å²) >= 11 is 0. The van der Waals surface area contributed by atoms with Crippen LogP contribution in [-0.2, 0) is 16.1 Å². The molecule has 0 saturated carbocycles. The lowest BCUT2D eigenvalue weighted by atomic mass is 10.1. The highest BCUT2D eigenvalue weighted by Crippen LogP contribution is 2.24. The Morgan fingerprint density at radius 2 is 1.94 bits per heavy atom. The van der Waals surface area contributed by atoms with Gasteiger partial charge in [-0.1, -0.05) is 18.2 Å². The summed E-state index contributed by atoms with van der Waals surface area (Å²) in [7, 11) is 2.05. The minimum atomic E-state index is 0.0152. The van der Waals surface area contributed by atoms with Crippen molar-refractivity contribution < 1.29 is 9.59 Å². The van der Waals surface area contributed by atoms with Crippen LogP contribution < -0.4 is 10.2 Å². The van der Waals surface area contributed by atoms with Gasteiger partial charge < -0.3 is 25.0 Å². The molecular formula is C23H30N8O2. The molecule has 2 aromatic heterocycles. The Kier molecular flexibility index (Phi) is 7.13. The van der Waals surface area contributed by atoms with Crippen molar-refractivity contribution in [2.24, 2.45) is 0 Å². The first-order chi connectivity index (χ1) is 16.0. The number of imidazole rings is 1. The number of hydrogen-bond donors (Lipinski definition) is 2. The first-order valence-electron chi connectivity index (χ1n) is 11.2. The molecule has 0 aliphatic carbocycles. The predicted octanol–water partition coefficient (Wildman–Crippen LogP) is 1.87. The Labute approximate surface area is 193 Å². The third-order valence-corrected chi connectivity index (χ3v) is 5.90. The number of para-hydroxylation sites is 1. The van der Waals surface area contributed by atoms with Gasteiger partial charge in [-0.25, -0.2) is 15.0 Å². The Morgan fingerprint density at radius 1 is 1.09 bits per heavy atom. The smallest absolute Gasteiger partial charge is 0.224 e. The van der Waals surface area contributed by atoms with Crippen LogP contribution in [0.2, 0.25) is 0 Å². The molecule has 2 amide bonds. The number of H-pyrrole nitrogens is 1. The van der Waals surface area contributed by atoms with Crippen molar-refractivity contribution in [3.05, 3.63) is 42.5 Å². The van der Waals surface area contributed by atoms with Crippen molar-refractivity contribution in [2.45, 2.75) is 26.3 Å². The number of nitrogens with zero attached hydrogens (tertiary/aromatic N) is 6. The van der Waals surface area contributed by atoms with Gasteiger partial charge in [-0.15, -0.1) is 0 Å². The number of fused-ring (bicyclic) bond motifs is 2. The van der Waals surface area contributed by atoms with Crippen LogP contribution in [0.15, 0.2) is 36.9 Å². The molecule has 10 heteroatoms. The van der Waals surface area contributed by atoms with Gasteiger partial charge in [0, 0.05) is 51.8 Å². The molecule has 0 unspecified atom stereocenters. The van der Waals surface area contributed by atoms with Crippen LogP contribution >= 0.6 is 0 Å². The highest BCUT2D eigenvalue weighted by atomic mass is 16.2. The summed E-state index contributed by atoms with van der Waals surface area (Å²) in [5.74, 6) is 0.695. The lowest BCUT2D eigenvalue weighted by Gasteiger charge is -2.27. The van der Waals surface area contributed by atoms with E-state index in [-0.39, 0.29) is 11.8 Å². The van der Waals surface area contributed by atoms with Gasteiger partial charge in [0.05, 0.1) is 6.33 Å². The number of hydrogen-bond acceptors (Lipinski definition) is 7. The molecule has 33 heavy (non-hydrogen) atoms. The molecule has 0 fully saturated rings. The van der Waals surface area contributed by atoms with Crippen molar-refractivity contribution in [1.82, 2.24) is 29.7 Å². The largest absolute Gasteiger partial charge is 0.368 e. The maximum Gasteiger partial charge on any atom is 0.224 e. The summed E-state index contributed by atoms with van der Waals surface area (Å²) in [5, 5.41) is 3.22. The number of amides is 2. The maximum atomic E-state index is 13.2. The van der Waals surface area contributed by atoms with Gasteiger partial charge in [0.2, 0.25) is 11.8 Å². The monoisotopic (exact) mass is 450 g/mol. The molecule has 4 rings (SSSR count). The third kappa shape index (κ3) is 5.46. The normalized spacial score (nSPS) is 15.7. The van der Waals surface area contributed by atoms with E-state index in [0.717, 1.165) is 36.3 Å². The van der Waals surface area contributed by atoms with Gasteiger partial charge in [-0.05, 0) is 31.6 Å². The molecule has 10 nitrogen and oxygen atoms in total. The molecule has 0 radical (unpaired) electrons. The van der Waals surface area contributed by atoms with Crippen molar-refractivity contribution in [1.29, 1.82) is 0 Å². The fourth-order valence-electron chi connectivity index (χ4n) is 4.10. The zero-order valence-corrected chi connectivity index (χ0v) is 19.1. The summed E-state index contributed by atoms with van der Waals surface area (Å²) in [6.07, 6.45) is 4.22. The van der Waals surface area contributed by atoms with Crippen molar-refractivity contribution in [3.63, 3.8) is 0 Å². The fourth-order valence-corrected chi connectivity index (χ4v) is 4.10. The Bertz CT molecular complexity index is 1110. The topological polar surface area (TPSA) is 110 Å². The molecule has 0 saturated heterocycles. The van der Waals surface area contributed by atoms with Crippen molar-refractivity contribution in [2.75, 3.05) is 50.0 Å². The van der Waals surface area contributed by atoms with E-state index in [1.54, 1.807) is 13.3 Å². The highest BCUT2D eigenvalue weighted by Gasteiger charge is 2.21. The number of aromatic nitrogens is 4. The van der Waals surface area contributed by atoms with E-state index in [0.29, 0.717) is 44.1 Å². The number of benzene rings is 1. The molecule has 174 valence electrons. The minimum Gasteiger partial charge on any atom is -0.368 e. The van der Waals surface area contributed by atoms with Crippen LogP contribution in [0.1, 0.15) is 25.3 Å². The summed E-state index contributed by atoms with van der Waals surface area (Å²) in [6.45, 7) is 5.43. The second kappa shape index (κ2) is 10.4. The number of carbonyl (C=O) groups excluding carboxylic acids is 2. The molecule has 3 heterocycles. The molecular weight excluding hydrogens is 420 g/mol. The van der Waals surface area contributed by atoms with E-state index in [1.807, 2.05) is 34.1 Å². The first-order valence-corrected chi connectivity index (χ1v) is 11.2. The molecule has 3 aromatic rings. The zero-order valence-electron chi connectivity index (χ0n) is 19.1. The number of likely N-dealkylation sites (N-methyl/N-ethyl adjacent to an activating group) is 1. The second-order valence-corrected chi connectivity index (χ2v) is 8.27. The average Bonchev–Trinajstić information content (AvgIpc) is 3.28. The minimum absolute atomic E-state index is 0.0152. The van der Waals surface area contributed by atoms with Gasteiger partial charge in [0.25, 0.3) is 0 Å². The molecule has 0 bridgehead atoms. The molecule has 1 aromatic carbocycles. The number of nitrogens with one attached hydrogen (secondary N) is 2. The molecule has 0 spiro atoms. The third-order valence-electron chi connectivity index (χ3n) is 5.90. The summed E-state index contributed by atoms with van der Waals surface area (Å²) < 4.78 is 0. The number of aromatic amines is 1. The van der Waals surface area contributed by atoms with Gasteiger partial charge in [-0.2, -0.15) is 0 Å². The predicted molar refractivity (Wildman–Crippen MR) is 127 cm³/mol. The van der Waals surface area contributed by atoms with E-state index < -0.39 is 0 Å². The Balaban J connectivity index is 1.48. The SMILES string of the molecule is CC(=O)N1CCCN(C)CCN(C(=O)CCNc2ncnc3nc[nH]c23)Cc2ccccc21. The Hall–Kier alpha value is -3.53. The molecule has 1 aliphatic heterocycles. The van der Waals surface area contributed by atoms with Crippen molar-refractivity contribution in [3.8, 4) is 0 Å². The van der Waals surface area contributed by atoms with E-state index in [4.69, 9.17) is 0 Å². The maximum absolute atomic E-state index is 13.2. The molecule has 2 N–H and O–H groups in total. The summed E-state index contributed by atoms with van der Waals surface area (Å²) in [4.78, 5) is 47.0. The van der Waals surface area contributed by atoms with Gasteiger partial charge in [0.1, 0.15) is 11.8 Å². The van der Waals surface area contributed by atoms with Gasteiger partial charge in [0.15, 0.2) is 11.5 Å². The highest BCUT2D eigenvalue weighted by molar-refractivity contribution is 5.92. The van der Waals surface area contributed by atoms with Crippen LogP contribution in [0, 0.1) is 0 Å². The van der Waals surface area contributed by atoms with Crippen LogP contribution in [0.25, 0.3) is 11.2 Å². The molecule has 0 atom stereocenters. The average molecular weight is 451 g/mol. The lowest BCUT2D eigenvalue weighted by molar-refractivity contribution is -0.131. The number of carbonyl (C=O) groups is 2. The van der Waals surface area contributed by atoms with E-state index in [1.165, 1.54) is 6.33 Å². The van der Waals surface area contributed by atoms with Gasteiger partial charge in [-0.3, -0.25) is 9.59 Å². The number of anilines is 2. The zero-order chi connectivity index (χ0) is 23.2. The first kappa shape index (κ1) is 22.7. The van der Waals surface area contributed by atoms with Crippen molar-refractivity contribution >= 4 is 34.5 Å². The fraction of sp³-hybridized carbons (Fsp3) is 0.435. The standard InChI is InChI=1S/C23H30N8O2/c1-17(32)31-11-5-10-29(2)12-13-30(14-18-6-3-4-7-19(18)31)20(33)8-9-24-22-21-23(26-15-25-21)28-16-27-22/h3-4,6-7,15-16H,5,8-14H2,1-2H3,(H2,24,25,26,27,28). The summed E-state index contributed by atoms with van der Waals surface area (Å²) in [5.41, 5.74) is 3.17. The van der Waals surface area contributed by atoms with E-state index in [2.05, 4.69) is 37.2 Å². The Morgan fingerprint density at radius 3 is 2.79 bits per heavy atom. The van der Waals surface area contributed by atoms with Crippen LogP contribution in [0.3, 0.4) is 0 Å².